The third kappa shape index (κ3) is 3.82. The van der Waals surface area contributed by atoms with Crippen molar-refractivity contribution in [2.75, 3.05) is 19.6 Å². The average molecular weight is 278 g/mol. The van der Waals surface area contributed by atoms with Crippen LogP contribution in [0, 0.1) is 13.8 Å². The number of rotatable bonds is 6. The summed E-state index contributed by atoms with van der Waals surface area (Å²) in [5.41, 5.74) is 2.01. The molecule has 5 nitrogen and oxygen atoms in total. The second-order valence-corrected chi connectivity index (χ2v) is 5.72. The van der Waals surface area contributed by atoms with Crippen molar-refractivity contribution in [2.45, 2.75) is 52.6 Å². The van der Waals surface area contributed by atoms with Crippen molar-refractivity contribution in [2.24, 2.45) is 0 Å². The fourth-order valence-corrected chi connectivity index (χ4v) is 2.83. The summed E-state index contributed by atoms with van der Waals surface area (Å²) in [6, 6.07) is 2.47. The minimum absolute atomic E-state index is 0.173. The Morgan fingerprint density at radius 3 is 2.90 bits per heavy atom. The molecule has 1 aromatic rings. The van der Waals surface area contributed by atoms with Gasteiger partial charge in [-0.3, -0.25) is 9.48 Å². The van der Waals surface area contributed by atoms with Crippen LogP contribution in [0.3, 0.4) is 0 Å². The molecule has 112 valence electrons. The molecule has 0 bridgehead atoms. The van der Waals surface area contributed by atoms with E-state index in [1.54, 1.807) is 0 Å². The lowest BCUT2D eigenvalue weighted by Gasteiger charge is -2.25. The highest BCUT2D eigenvalue weighted by Crippen LogP contribution is 2.09. The van der Waals surface area contributed by atoms with Crippen molar-refractivity contribution in [1.29, 1.82) is 0 Å². The van der Waals surface area contributed by atoms with Crippen LogP contribution in [-0.4, -0.2) is 46.3 Å². The molecule has 1 aromatic heterocycles. The van der Waals surface area contributed by atoms with Gasteiger partial charge in [0.2, 0.25) is 5.91 Å². The van der Waals surface area contributed by atoms with Crippen LogP contribution >= 0.6 is 0 Å². The summed E-state index contributed by atoms with van der Waals surface area (Å²) in [5, 5.41) is 7.84. The van der Waals surface area contributed by atoms with E-state index in [1.807, 2.05) is 29.5 Å². The van der Waals surface area contributed by atoms with Gasteiger partial charge in [-0.2, -0.15) is 5.10 Å². The number of aromatic nitrogens is 2. The van der Waals surface area contributed by atoms with Crippen LogP contribution in [0.1, 0.15) is 37.6 Å². The number of amides is 1. The molecule has 0 saturated carbocycles. The van der Waals surface area contributed by atoms with Gasteiger partial charge in [-0.1, -0.05) is 6.92 Å². The van der Waals surface area contributed by atoms with Gasteiger partial charge in [0.1, 0.15) is 6.54 Å². The normalized spacial score (nSPS) is 18.4. The highest BCUT2D eigenvalue weighted by molar-refractivity contribution is 5.76. The highest BCUT2D eigenvalue weighted by Gasteiger charge is 2.21. The van der Waals surface area contributed by atoms with Crippen molar-refractivity contribution in [1.82, 2.24) is 20.0 Å². The summed E-state index contributed by atoms with van der Waals surface area (Å²) in [4.78, 5) is 14.5. The van der Waals surface area contributed by atoms with Crippen LogP contribution < -0.4 is 5.32 Å². The molecule has 20 heavy (non-hydrogen) atoms. The Morgan fingerprint density at radius 1 is 1.55 bits per heavy atom. The van der Waals surface area contributed by atoms with Crippen LogP contribution in [0.4, 0.5) is 0 Å². The maximum Gasteiger partial charge on any atom is 0.244 e. The van der Waals surface area contributed by atoms with Crippen molar-refractivity contribution < 1.29 is 4.79 Å². The van der Waals surface area contributed by atoms with Crippen LogP contribution in [0.25, 0.3) is 0 Å². The van der Waals surface area contributed by atoms with E-state index in [0.717, 1.165) is 37.4 Å². The van der Waals surface area contributed by atoms with Gasteiger partial charge in [-0.25, -0.2) is 0 Å². The topological polar surface area (TPSA) is 50.2 Å². The number of hydrogen-bond acceptors (Lipinski definition) is 3. The fourth-order valence-electron chi connectivity index (χ4n) is 2.83. The molecule has 1 N–H and O–H groups in total. The molecule has 1 unspecified atom stereocenters. The molecule has 5 heteroatoms. The Balaban J connectivity index is 1.96. The molecule has 1 aliphatic rings. The average Bonchev–Trinajstić information content (AvgIpc) is 2.99. The van der Waals surface area contributed by atoms with E-state index in [1.165, 1.54) is 12.8 Å². The summed E-state index contributed by atoms with van der Waals surface area (Å²) in [7, 11) is 0. The number of nitrogens with zero attached hydrogens (tertiary/aromatic N) is 3. The fraction of sp³-hybridized carbons (Fsp3) is 0.733. The predicted octanol–water partition coefficient (Wildman–Crippen LogP) is 1.49. The number of hydrogen-bond donors (Lipinski definition) is 1. The summed E-state index contributed by atoms with van der Waals surface area (Å²) in [6.07, 6.45) is 3.39. The molecular formula is C15H26N4O. The highest BCUT2D eigenvalue weighted by atomic mass is 16.2. The lowest BCUT2D eigenvalue weighted by molar-refractivity contribution is -0.132. The summed E-state index contributed by atoms with van der Waals surface area (Å²) in [5.74, 6) is 0.173. The van der Waals surface area contributed by atoms with Gasteiger partial charge >= 0.3 is 0 Å². The lowest BCUT2D eigenvalue weighted by Crippen LogP contribution is -2.43. The molecule has 1 fully saturated rings. The van der Waals surface area contributed by atoms with Gasteiger partial charge in [0.05, 0.1) is 5.69 Å². The first-order valence-electron chi connectivity index (χ1n) is 7.62. The van der Waals surface area contributed by atoms with Crippen molar-refractivity contribution in [3.05, 3.63) is 17.5 Å². The maximum absolute atomic E-state index is 12.5. The third-order valence-electron chi connectivity index (χ3n) is 3.84. The lowest BCUT2D eigenvalue weighted by atomic mass is 10.2. The first-order valence-corrected chi connectivity index (χ1v) is 7.62. The zero-order valence-electron chi connectivity index (χ0n) is 12.9. The Hall–Kier alpha value is -1.36. The summed E-state index contributed by atoms with van der Waals surface area (Å²) >= 11 is 0. The van der Waals surface area contributed by atoms with E-state index < -0.39 is 0 Å². The maximum atomic E-state index is 12.5. The van der Waals surface area contributed by atoms with Crippen molar-refractivity contribution >= 4 is 5.91 Å². The second kappa shape index (κ2) is 6.88. The van der Waals surface area contributed by atoms with E-state index in [-0.39, 0.29) is 5.91 Å². The van der Waals surface area contributed by atoms with Gasteiger partial charge < -0.3 is 10.2 Å². The Kier molecular flexibility index (Phi) is 5.17. The van der Waals surface area contributed by atoms with Gasteiger partial charge in [0.15, 0.2) is 0 Å². The smallest absolute Gasteiger partial charge is 0.244 e. The monoisotopic (exact) mass is 278 g/mol. The molecular weight excluding hydrogens is 252 g/mol. The molecule has 2 heterocycles. The van der Waals surface area contributed by atoms with E-state index in [2.05, 4.69) is 17.3 Å². The molecule has 0 radical (unpaired) electrons. The van der Waals surface area contributed by atoms with E-state index in [4.69, 9.17) is 0 Å². The van der Waals surface area contributed by atoms with Gasteiger partial charge in [-0.15, -0.1) is 0 Å². The van der Waals surface area contributed by atoms with Crippen LogP contribution in [-0.2, 0) is 11.3 Å². The standard InChI is InChI=1S/C15H26N4O/c1-4-8-18(10-14-6-5-7-16-14)15(20)11-19-13(3)9-12(2)17-19/h9,14,16H,4-8,10-11H2,1-3H3. The summed E-state index contributed by atoms with van der Waals surface area (Å²) in [6.45, 7) is 9.16. The molecule has 0 aromatic carbocycles. The first kappa shape index (κ1) is 15.0. The molecule has 1 amide bonds. The van der Waals surface area contributed by atoms with Crippen molar-refractivity contribution in [3.8, 4) is 0 Å². The number of aryl methyl sites for hydroxylation is 2. The quantitative estimate of drug-likeness (QED) is 0.858. The van der Waals surface area contributed by atoms with Crippen LogP contribution in [0.15, 0.2) is 6.07 Å². The third-order valence-corrected chi connectivity index (χ3v) is 3.84. The number of nitrogens with one attached hydrogen (secondary N) is 1. The van der Waals surface area contributed by atoms with Crippen molar-refractivity contribution in [3.63, 3.8) is 0 Å². The minimum atomic E-state index is 0.173. The molecule has 0 aliphatic carbocycles. The number of carbonyl (C=O) groups excluding carboxylic acids is 1. The van der Waals surface area contributed by atoms with E-state index in [0.29, 0.717) is 12.6 Å². The second-order valence-electron chi connectivity index (χ2n) is 5.72. The summed E-state index contributed by atoms with van der Waals surface area (Å²) < 4.78 is 1.81. The number of carbonyl (C=O) groups is 1. The van der Waals surface area contributed by atoms with Gasteiger partial charge in [0.25, 0.3) is 0 Å². The zero-order chi connectivity index (χ0) is 14.5. The van der Waals surface area contributed by atoms with Crippen LogP contribution in [0.2, 0.25) is 0 Å². The van der Waals surface area contributed by atoms with E-state index in [9.17, 15) is 4.79 Å². The van der Waals surface area contributed by atoms with Gasteiger partial charge in [-0.05, 0) is 45.7 Å². The Morgan fingerprint density at radius 2 is 2.35 bits per heavy atom. The molecule has 2 rings (SSSR count). The van der Waals surface area contributed by atoms with Gasteiger partial charge in [0, 0.05) is 24.8 Å². The Labute approximate surface area is 121 Å². The first-order chi connectivity index (χ1) is 9.60. The SMILES string of the molecule is CCCN(CC1CCCN1)C(=O)Cn1nc(C)cc1C. The molecule has 1 atom stereocenters. The molecule has 1 saturated heterocycles. The zero-order valence-corrected chi connectivity index (χ0v) is 12.9. The van der Waals surface area contributed by atoms with Crippen LogP contribution in [0.5, 0.6) is 0 Å². The predicted molar refractivity (Wildman–Crippen MR) is 79.6 cm³/mol. The van der Waals surface area contributed by atoms with E-state index >= 15 is 0 Å². The largest absolute Gasteiger partial charge is 0.340 e. The molecule has 0 spiro atoms. The molecule has 1 aliphatic heterocycles. The minimum Gasteiger partial charge on any atom is -0.340 e. The Bertz CT molecular complexity index is 449.